The van der Waals surface area contributed by atoms with Crippen molar-refractivity contribution in [1.82, 2.24) is 0 Å². The molecule has 0 nitrogen and oxygen atoms in total. The predicted octanol–water partition coefficient (Wildman–Crippen LogP) is 41.8. The fraction of sp³-hybridized carbons (Fsp3) is 1.00. The van der Waals surface area contributed by atoms with E-state index in [1.165, 1.54) is 93.4 Å². The molecule has 0 saturated heterocycles. The van der Waals surface area contributed by atoms with Crippen molar-refractivity contribution in [2.45, 2.75) is 526 Å². The van der Waals surface area contributed by atoms with Gasteiger partial charge in [0.2, 0.25) is 0 Å². The fourth-order valence-corrected chi connectivity index (χ4v) is 12.8. The first-order chi connectivity index (χ1) is 51.0. The zero-order valence-electron chi connectivity index (χ0n) is 87.3. The van der Waals surface area contributed by atoms with Crippen molar-refractivity contribution >= 4 is 0 Å². The molecule has 0 bridgehead atoms. The quantitative estimate of drug-likeness (QED) is 0.0895. The number of hydrogen-bond acceptors (Lipinski definition) is 0. The summed E-state index contributed by atoms with van der Waals surface area (Å²) in [7, 11) is 0. The number of rotatable bonds is 23. The Labute approximate surface area is 719 Å². The largest absolute Gasteiger partial charge is 0.394 e. The monoisotopic (exact) mass is 1740 g/mol. The van der Waals surface area contributed by atoms with Crippen LogP contribution in [0.15, 0.2) is 0 Å². The highest BCUT2D eigenvalue weighted by atomic mass is 19.4. The van der Waals surface area contributed by atoms with Gasteiger partial charge >= 0.3 is 37.1 Å². The van der Waals surface area contributed by atoms with Crippen LogP contribution in [0.5, 0.6) is 0 Å². The van der Waals surface area contributed by atoms with Gasteiger partial charge in [0.25, 0.3) is 0 Å². The van der Waals surface area contributed by atoms with E-state index in [4.69, 9.17) is 0 Å². The van der Waals surface area contributed by atoms with Gasteiger partial charge < -0.3 is 0 Å². The second-order valence-electron chi connectivity index (χ2n) is 44.0. The van der Waals surface area contributed by atoms with Crippen molar-refractivity contribution in [2.75, 3.05) is 0 Å². The van der Waals surface area contributed by atoms with Crippen molar-refractivity contribution in [1.29, 1.82) is 0 Å². The van der Waals surface area contributed by atoms with Crippen LogP contribution in [0.25, 0.3) is 0 Å². The Morgan fingerprint density at radius 1 is 0.222 bits per heavy atom. The molecule has 0 aliphatic heterocycles. The standard InChI is InChI=1S/2C11H21F3.C10H19F3.C10H22.C9H20.2C8H15F3.C7H13F3.2C7H16.C6H14.C5H12/c1-7(2)9(8(3)4)10(5,6)11(12,13)14;1-6-9(4,7-2)10(5,8-3)11(12,13)14;1-5-8(6-2)9(4,7-3)10(11,12)13;1-7-10(6,8-2)9(3,4)5;1-6-8(7-2)9(3,4)5;1-5-7(4,6(2)3)8(9,10)11;1-4-6-7(3,5-2)8(9,10)11;1-4-6(3,5-2)7(8,9)10;1-6(2)7(3,4)5;1-5-6-7(2,3)4;1-5-6(2,3)4;1-5(2,3)4/h7-9H,1-6H3;6-8H2,1-5H3;8H,5-7H2,1-4H3;7-8H2,1-6H3;8H,6-7H2,1-5H3;6H,5H2,1-4H3;4-6H2,1-3H3;4-5H2,1-3H3;6H,1-5H3;5-6H2,1-4H3;5H2,1-4H3;1-4H3/t;10-;9-;;;2*7-;;;;;/m.00..00...../s1. The van der Waals surface area contributed by atoms with Crippen LogP contribution >= 0.6 is 0 Å². The van der Waals surface area contributed by atoms with Crippen molar-refractivity contribution in [3.05, 3.63) is 0 Å². The van der Waals surface area contributed by atoms with Gasteiger partial charge in [-0.1, -0.05) is 425 Å². The summed E-state index contributed by atoms with van der Waals surface area (Å²) in [5.74, 6) is 0.857. The minimum absolute atomic E-state index is 0.0478. The molecule has 0 N–H and O–H groups in total. The van der Waals surface area contributed by atoms with Gasteiger partial charge in [-0.15, -0.1) is 0 Å². The maximum absolute atomic E-state index is 13.0. The number of alkyl halides is 18. The summed E-state index contributed by atoms with van der Waals surface area (Å²) in [5.41, 5.74) is -6.21. The summed E-state index contributed by atoms with van der Waals surface area (Å²) in [5, 5.41) is 0. The van der Waals surface area contributed by atoms with Crippen molar-refractivity contribution in [3.8, 4) is 0 Å². The molecule has 18 heteroatoms. The Hall–Kier alpha value is -1.26. The van der Waals surface area contributed by atoms with Gasteiger partial charge in [-0.2, -0.15) is 79.0 Å². The maximum atomic E-state index is 13.0. The van der Waals surface area contributed by atoms with Gasteiger partial charge in [-0.3, -0.25) is 0 Å². The Balaban J connectivity index is -0.000000104. The first-order valence-corrected chi connectivity index (χ1v) is 45.4. The summed E-state index contributed by atoms with van der Waals surface area (Å²) in [4.78, 5) is 0. The molecule has 0 radical (unpaired) electrons. The van der Waals surface area contributed by atoms with Gasteiger partial charge in [0.05, 0.1) is 32.5 Å². The lowest BCUT2D eigenvalue weighted by Gasteiger charge is -2.46. The SMILES string of the molecule is CC(C)(C)C.CC(C)C(C(C)C)C(C)(C)C(F)(F)F.CC(C)C(C)(C)C.CCC(C)(C)C.CCC(C)(CC)C(C)(C)C.CCC(C)(CC)C(F)(F)F.CCC(C)(CC)[C@](C)(CC)C(F)(F)F.CCC(CC)C(C)(C)C.CCC(CC)[C@](C)(CC)C(F)(F)F.CCCC(C)(C)C.CCC[C@](C)(CC)C(F)(F)F.CC[C@@](C)(C(C)C)C(F)(F)F. The molecule has 4 atom stereocenters. The topological polar surface area (TPSA) is 0 Å². The molecule has 0 aromatic carbocycles. The van der Waals surface area contributed by atoms with Crippen LogP contribution in [0.1, 0.15) is 489 Å². The van der Waals surface area contributed by atoms with E-state index < -0.39 is 75.0 Å². The highest BCUT2D eigenvalue weighted by molar-refractivity contribution is 4.96. The molecule has 0 aliphatic rings. The third-order valence-corrected chi connectivity index (χ3v) is 27.0. The maximum Gasteiger partial charge on any atom is 0.394 e. The van der Waals surface area contributed by atoms with Gasteiger partial charge in [-0.05, 0) is 149 Å². The zero-order chi connectivity index (χ0) is 98.5. The average Bonchev–Trinajstić information content (AvgIpc) is 0.759. The highest BCUT2D eigenvalue weighted by Crippen LogP contribution is 2.57. The lowest BCUT2D eigenvalue weighted by molar-refractivity contribution is -0.259. The number of hydrogen-bond donors (Lipinski definition) is 0. The van der Waals surface area contributed by atoms with Crippen LogP contribution in [0.2, 0.25) is 0 Å². The minimum atomic E-state index is -4.12. The van der Waals surface area contributed by atoms with E-state index in [1.54, 1.807) is 69.2 Å². The molecule has 726 valence electrons. The molecular weight excluding hydrogens is 1530 g/mol. The second-order valence-corrected chi connectivity index (χ2v) is 44.0. The van der Waals surface area contributed by atoms with E-state index in [-0.39, 0.29) is 74.5 Å². The van der Waals surface area contributed by atoms with Gasteiger partial charge in [0.15, 0.2) is 0 Å². The predicted molar refractivity (Wildman–Crippen MR) is 483 cm³/mol. The minimum Gasteiger partial charge on any atom is -0.171 e. The third-order valence-electron chi connectivity index (χ3n) is 27.0. The average molecular weight is 1740 g/mol. The third kappa shape index (κ3) is 58.6. The Bertz CT molecular complexity index is 2220. The molecule has 0 aromatic heterocycles. The van der Waals surface area contributed by atoms with Crippen LogP contribution in [0.3, 0.4) is 0 Å². The summed E-state index contributed by atoms with van der Waals surface area (Å²) >= 11 is 0. The zero-order valence-corrected chi connectivity index (χ0v) is 87.3. The molecule has 0 aromatic rings. The van der Waals surface area contributed by atoms with E-state index in [2.05, 4.69) is 194 Å². The van der Waals surface area contributed by atoms with Gasteiger partial charge in [0, 0.05) is 0 Å². The van der Waals surface area contributed by atoms with E-state index in [1.807, 2.05) is 55.4 Å². The first-order valence-electron chi connectivity index (χ1n) is 45.4. The van der Waals surface area contributed by atoms with E-state index in [0.717, 1.165) is 11.8 Å². The van der Waals surface area contributed by atoms with Crippen LogP contribution in [-0.2, 0) is 0 Å². The smallest absolute Gasteiger partial charge is 0.171 e. The lowest BCUT2D eigenvalue weighted by atomic mass is 9.60. The van der Waals surface area contributed by atoms with Crippen LogP contribution in [0.4, 0.5) is 79.0 Å². The number of halogens is 18. The first kappa shape index (κ1) is 142. The highest BCUT2D eigenvalue weighted by Gasteiger charge is 2.59. The molecule has 0 unspecified atom stereocenters. The van der Waals surface area contributed by atoms with Crippen LogP contribution in [0, 0.1) is 117 Å². The van der Waals surface area contributed by atoms with Crippen molar-refractivity contribution in [3.63, 3.8) is 0 Å². The second kappa shape index (κ2) is 58.9. The van der Waals surface area contributed by atoms with Crippen LogP contribution in [-0.4, -0.2) is 37.1 Å². The Morgan fingerprint density at radius 2 is 0.470 bits per heavy atom. The molecule has 0 amide bonds. The normalized spacial score (nSPS) is 15.2. The summed E-state index contributed by atoms with van der Waals surface area (Å²) in [6, 6.07) is 0. The van der Waals surface area contributed by atoms with E-state index in [0.29, 0.717) is 70.0 Å². The van der Waals surface area contributed by atoms with E-state index >= 15 is 0 Å². The van der Waals surface area contributed by atoms with Crippen LogP contribution < -0.4 is 0 Å². The molecule has 0 aliphatic carbocycles. The Kier molecular flexibility index (Phi) is 71.3. The van der Waals surface area contributed by atoms with Crippen molar-refractivity contribution in [2.24, 2.45) is 117 Å². The molecule has 0 saturated carbocycles. The summed E-state index contributed by atoms with van der Waals surface area (Å²) in [6.07, 6.45) is -11.2. The molecule has 0 rings (SSSR count). The van der Waals surface area contributed by atoms with Gasteiger partial charge in [0.1, 0.15) is 0 Å². The lowest BCUT2D eigenvalue weighted by Crippen LogP contribution is -2.47. The summed E-state index contributed by atoms with van der Waals surface area (Å²) < 4.78 is 226. The van der Waals surface area contributed by atoms with Crippen molar-refractivity contribution < 1.29 is 79.0 Å². The molecule has 0 spiro atoms. The van der Waals surface area contributed by atoms with Gasteiger partial charge in [-0.25, -0.2) is 0 Å². The summed E-state index contributed by atoms with van der Waals surface area (Å²) in [6.45, 7) is 104. The fourth-order valence-electron chi connectivity index (χ4n) is 12.8. The molecule has 0 fully saturated rings. The molecular formula is C99H204F18. The Morgan fingerprint density at radius 3 is 0.504 bits per heavy atom. The molecule has 117 heavy (non-hydrogen) atoms. The molecule has 0 heterocycles. The van der Waals surface area contributed by atoms with E-state index in [9.17, 15) is 79.0 Å².